The van der Waals surface area contributed by atoms with Crippen molar-refractivity contribution in [2.45, 2.75) is 52.0 Å². The number of nitro benzene ring substituents is 1. The normalized spacial score (nSPS) is 18.9. The van der Waals surface area contributed by atoms with Gasteiger partial charge in [0.25, 0.3) is 5.69 Å². The Morgan fingerprint density at radius 1 is 1.30 bits per heavy atom. The van der Waals surface area contributed by atoms with Gasteiger partial charge >= 0.3 is 0 Å². The van der Waals surface area contributed by atoms with E-state index in [1.807, 2.05) is 12.1 Å². The van der Waals surface area contributed by atoms with E-state index in [9.17, 15) is 10.1 Å². The summed E-state index contributed by atoms with van der Waals surface area (Å²) < 4.78 is 0. The van der Waals surface area contributed by atoms with Gasteiger partial charge in [0.15, 0.2) is 0 Å². The van der Waals surface area contributed by atoms with Gasteiger partial charge in [0.05, 0.1) is 4.92 Å². The molecule has 1 aliphatic rings. The molecule has 20 heavy (non-hydrogen) atoms. The van der Waals surface area contributed by atoms with Crippen LogP contribution in [0.2, 0.25) is 0 Å². The number of nitrogens with zero attached hydrogens (tertiary/aromatic N) is 1. The standard InChI is InChI=1S/C16H24N2O2/c1-3-16(10-4-5-11-16)12-17-13(2)14-6-8-15(9-7-14)18(19)20/h6-9,13,17H,3-5,10-12H2,1-2H3. The molecule has 110 valence electrons. The minimum atomic E-state index is -0.355. The smallest absolute Gasteiger partial charge is 0.269 e. The first-order chi connectivity index (χ1) is 9.56. The second kappa shape index (κ2) is 6.35. The van der Waals surface area contributed by atoms with Crippen molar-refractivity contribution < 1.29 is 4.92 Å². The minimum absolute atomic E-state index is 0.154. The Hall–Kier alpha value is -1.42. The molecule has 0 heterocycles. The maximum absolute atomic E-state index is 10.7. The molecule has 1 aromatic carbocycles. The molecule has 4 heteroatoms. The van der Waals surface area contributed by atoms with Crippen LogP contribution in [0.3, 0.4) is 0 Å². The number of hydrogen-bond donors (Lipinski definition) is 1. The van der Waals surface area contributed by atoms with Gasteiger partial charge in [-0.15, -0.1) is 0 Å². The molecule has 2 rings (SSSR count). The van der Waals surface area contributed by atoms with Crippen molar-refractivity contribution in [2.75, 3.05) is 6.54 Å². The number of rotatable bonds is 6. The van der Waals surface area contributed by atoms with Crippen molar-refractivity contribution in [1.29, 1.82) is 0 Å². The fourth-order valence-corrected chi connectivity index (χ4v) is 3.15. The SMILES string of the molecule is CCC1(CNC(C)c2ccc([N+](=O)[O-])cc2)CCCC1. The van der Waals surface area contributed by atoms with Crippen molar-refractivity contribution >= 4 is 5.69 Å². The lowest BCUT2D eigenvalue weighted by Crippen LogP contribution is -2.33. The van der Waals surface area contributed by atoms with Crippen LogP contribution in [0, 0.1) is 15.5 Å². The Balaban J connectivity index is 1.94. The first-order valence-corrected chi connectivity index (χ1v) is 7.54. The van der Waals surface area contributed by atoms with Crippen LogP contribution < -0.4 is 5.32 Å². The van der Waals surface area contributed by atoms with E-state index in [1.165, 1.54) is 32.1 Å². The van der Waals surface area contributed by atoms with Crippen LogP contribution in [0.5, 0.6) is 0 Å². The Labute approximate surface area is 120 Å². The average Bonchev–Trinajstić information content (AvgIpc) is 2.94. The molecule has 1 unspecified atom stereocenters. The highest BCUT2D eigenvalue weighted by atomic mass is 16.6. The summed E-state index contributed by atoms with van der Waals surface area (Å²) in [5.41, 5.74) is 1.73. The maximum atomic E-state index is 10.7. The van der Waals surface area contributed by atoms with E-state index >= 15 is 0 Å². The molecule has 1 atom stereocenters. The number of non-ortho nitro benzene ring substituents is 1. The van der Waals surface area contributed by atoms with Gasteiger partial charge in [-0.25, -0.2) is 0 Å². The number of benzene rings is 1. The summed E-state index contributed by atoms with van der Waals surface area (Å²) in [5.74, 6) is 0. The maximum Gasteiger partial charge on any atom is 0.269 e. The molecule has 0 radical (unpaired) electrons. The molecule has 0 aromatic heterocycles. The molecule has 0 spiro atoms. The molecule has 0 bridgehead atoms. The highest BCUT2D eigenvalue weighted by molar-refractivity contribution is 5.34. The van der Waals surface area contributed by atoms with Crippen LogP contribution in [0.4, 0.5) is 5.69 Å². The van der Waals surface area contributed by atoms with Crippen LogP contribution in [-0.2, 0) is 0 Å². The predicted octanol–water partition coefficient (Wildman–Crippen LogP) is 4.22. The van der Waals surface area contributed by atoms with Crippen molar-refractivity contribution in [3.05, 3.63) is 39.9 Å². The van der Waals surface area contributed by atoms with Gasteiger partial charge in [0.1, 0.15) is 0 Å². The molecular weight excluding hydrogens is 252 g/mol. The lowest BCUT2D eigenvalue weighted by atomic mass is 9.83. The fraction of sp³-hybridized carbons (Fsp3) is 0.625. The van der Waals surface area contributed by atoms with Gasteiger partial charge in [0.2, 0.25) is 0 Å². The van der Waals surface area contributed by atoms with E-state index in [2.05, 4.69) is 19.2 Å². The van der Waals surface area contributed by atoms with Gasteiger partial charge in [-0.2, -0.15) is 0 Å². The number of nitro groups is 1. The van der Waals surface area contributed by atoms with E-state index in [0.29, 0.717) is 5.41 Å². The van der Waals surface area contributed by atoms with E-state index in [-0.39, 0.29) is 16.7 Å². The highest BCUT2D eigenvalue weighted by Gasteiger charge is 2.31. The minimum Gasteiger partial charge on any atom is -0.310 e. The summed E-state index contributed by atoms with van der Waals surface area (Å²) in [6, 6.07) is 7.10. The first-order valence-electron chi connectivity index (χ1n) is 7.54. The molecule has 4 nitrogen and oxygen atoms in total. The molecule has 0 saturated heterocycles. The zero-order valence-electron chi connectivity index (χ0n) is 12.4. The summed E-state index contributed by atoms with van der Waals surface area (Å²) in [4.78, 5) is 10.3. The molecular formula is C16H24N2O2. The third kappa shape index (κ3) is 3.37. The molecule has 0 amide bonds. The van der Waals surface area contributed by atoms with E-state index in [4.69, 9.17) is 0 Å². The summed E-state index contributed by atoms with van der Waals surface area (Å²) in [5, 5.41) is 14.3. The zero-order valence-corrected chi connectivity index (χ0v) is 12.4. The van der Waals surface area contributed by atoms with E-state index < -0.39 is 0 Å². The predicted molar refractivity (Wildman–Crippen MR) is 80.7 cm³/mol. The Morgan fingerprint density at radius 3 is 2.40 bits per heavy atom. The van der Waals surface area contributed by atoms with Crippen LogP contribution in [-0.4, -0.2) is 11.5 Å². The van der Waals surface area contributed by atoms with Crippen LogP contribution in [0.1, 0.15) is 57.6 Å². The average molecular weight is 276 g/mol. The second-order valence-electron chi connectivity index (χ2n) is 6.01. The topological polar surface area (TPSA) is 55.2 Å². The molecule has 1 saturated carbocycles. The van der Waals surface area contributed by atoms with Crippen LogP contribution in [0.15, 0.2) is 24.3 Å². The monoisotopic (exact) mass is 276 g/mol. The van der Waals surface area contributed by atoms with Crippen molar-refractivity contribution in [3.63, 3.8) is 0 Å². The zero-order chi connectivity index (χ0) is 14.6. The van der Waals surface area contributed by atoms with Crippen molar-refractivity contribution in [3.8, 4) is 0 Å². The van der Waals surface area contributed by atoms with Gasteiger partial charge in [-0.3, -0.25) is 10.1 Å². The summed E-state index contributed by atoms with van der Waals surface area (Å²) in [7, 11) is 0. The second-order valence-corrected chi connectivity index (χ2v) is 6.01. The largest absolute Gasteiger partial charge is 0.310 e. The van der Waals surface area contributed by atoms with Crippen molar-refractivity contribution in [1.82, 2.24) is 5.32 Å². The molecule has 1 aliphatic carbocycles. The lowest BCUT2D eigenvalue weighted by Gasteiger charge is -2.29. The Morgan fingerprint density at radius 2 is 1.90 bits per heavy atom. The van der Waals surface area contributed by atoms with Gasteiger partial charge < -0.3 is 5.32 Å². The fourth-order valence-electron chi connectivity index (χ4n) is 3.15. The summed E-state index contributed by atoms with van der Waals surface area (Å²) in [6.45, 7) is 5.45. The van der Waals surface area contributed by atoms with Crippen LogP contribution >= 0.6 is 0 Å². The Bertz CT molecular complexity index is 450. The third-order valence-corrected chi connectivity index (χ3v) is 4.80. The third-order valence-electron chi connectivity index (χ3n) is 4.80. The molecule has 1 aromatic rings. The molecule has 1 fully saturated rings. The van der Waals surface area contributed by atoms with Gasteiger partial charge in [0, 0.05) is 24.7 Å². The van der Waals surface area contributed by atoms with E-state index in [0.717, 1.165) is 12.1 Å². The van der Waals surface area contributed by atoms with E-state index in [1.54, 1.807) is 12.1 Å². The van der Waals surface area contributed by atoms with Gasteiger partial charge in [-0.1, -0.05) is 31.9 Å². The number of hydrogen-bond acceptors (Lipinski definition) is 3. The molecule has 1 N–H and O–H groups in total. The van der Waals surface area contributed by atoms with Gasteiger partial charge in [-0.05, 0) is 37.2 Å². The van der Waals surface area contributed by atoms with Crippen molar-refractivity contribution in [2.24, 2.45) is 5.41 Å². The quantitative estimate of drug-likeness (QED) is 0.625. The lowest BCUT2D eigenvalue weighted by molar-refractivity contribution is -0.384. The highest BCUT2D eigenvalue weighted by Crippen LogP contribution is 2.40. The summed E-state index contributed by atoms with van der Waals surface area (Å²) in [6.07, 6.45) is 6.57. The number of nitrogens with one attached hydrogen (secondary N) is 1. The Kier molecular flexibility index (Phi) is 4.76. The first kappa shape index (κ1) is 15.0. The van der Waals surface area contributed by atoms with Crippen LogP contribution in [0.25, 0.3) is 0 Å². The molecule has 0 aliphatic heterocycles. The summed E-state index contributed by atoms with van der Waals surface area (Å²) >= 11 is 0.